The Hall–Kier alpha value is -1.70. The Kier molecular flexibility index (Phi) is 2.27. The fourth-order valence-electron chi connectivity index (χ4n) is 1.78. The van der Waals surface area contributed by atoms with Gasteiger partial charge < -0.3 is 0 Å². The molecule has 0 saturated heterocycles. The SMILES string of the molecule is CC(C)C=C1C(=O)C(=O)c2ccccc21. The van der Waals surface area contributed by atoms with Gasteiger partial charge in [-0.15, -0.1) is 0 Å². The lowest BCUT2D eigenvalue weighted by Gasteiger charge is -2.00. The van der Waals surface area contributed by atoms with Crippen molar-refractivity contribution >= 4 is 17.1 Å². The molecule has 0 amide bonds. The van der Waals surface area contributed by atoms with Crippen LogP contribution in [0, 0.1) is 5.92 Å². The number of fused-ring (bicyclic) bond motifs is 1. The maximum absolute atomic E-state index is 11.7. The summed E-state index contributed by atoms with van der Waals surface area (Å²) in [5.41, 5.74) is 1.88. The Labute approximate surface area is 88.6 Å². The maximum Gasteiger partial charge on any atom is 0.234 e. The van der Waals surface area contributed by atoms with Crippen LogP contribution in [-0.4, -0.2) is 11.6 Å². The lowest BCUT2D eigenvalue weighted by Crippen LogP contribution is -2.06. The first-order valence-electron chi connectivity index (χ1n) is 5.01. The summed E-state index contributed by atoms with van der Waals surface area (Å²) in [5, 5.41) is 0. The van der Waals surface area contributed by atoms with E-state index in [2.05, 4.69) is 0 Å². The first-order valence-corrected chi connectivity index (χ1v) is 5.01. The summed E-state index contributed by atoms with van der Waals surface area (Å²) in [6.45, 7) is 3.98. The van der Waals surface area contributed by atoms with Crippen LogP contribution in [-0.2, 0) is 4.79 Å². The van der Waals surface area contributed by atoms with Crippen molar-refractivity contribution in [1.82, 2.24) is 0 Å². The van der Waals surface area contributed by atoms with E-state index in [0.29, 0.717) is 11.1 Å². The van der Waals surface area contributed by atoms with Crippen LogP contribution in [0.3, 0.4) is 0 Å². The van der Waals surface area contributed by atoms with E-state index in [-0.39, 0.29) is 17.5 Å². The zero-order valence-corrected chi connectivity index (χ0v) is 8.78. The van der Waals surface area contributed by atoms with E-state index in [0.717, 1.165) is 5.56 Å². The number of rotatable bonds is 1. The van der Waals surface area contributed by atoms with Crippen molar-refractivity contribution in [3.05, 3.63) is 41.5 Å². The van der Waals surface area contributed by atoms with Crippen molar-refractivity contribution in [2.75, 3.05) is 0 Å². The molecule has 1 aromatic rings. The van der Waals surface area contributed by atoms with E-state index >= 15 is 0 Å². The van der Waals surface area contributed by atoms with Crippen molar-refractivity contribution in [3.8, 4) is 0 Å². The third kappa shape index (κ3) is 1.52. The molecule has 0 radical (unpaired) electrons. The van der Waals surface area contributed by atoms with E-state index in [1.165, 1.54) is 0 Å². The molecule has 0 spiro atoms. The largest absolute Gasteiger partial charge is 0.285 e. The van der Waals surface area contributed by atoms with Crippen molar-refractivity contribution in [2.45, 2.75) is 13.8 Å². The van der Waals surface area contributed by atoms with Crippen LogP contribution in [0.2, 0.25) is 0 Å². The molecule has 0 saturated carbocycles. The Morgan fingerprint density at radius 3 is 2.20 bits per heavy atom. The summed E-state index contributed by atoms with van der Waals surface area (Å²) in [6, 6.07) is 7.16. The van der Waals surface area contributed by atoms with Crippen LogP contribution in [0.4, 0.5) is 0 Å². The number of hydrogen-bond donors (Lipinski definition) is 0. The second-order valence-electron chi connectivity index (χ2n) is 4.03. The predicted molar refractivity (Wildman–Crippen MR) is 58.6 cm³/mol. The van der Waals surface area contributed by atoms with E-state index < -0.39 is 0 Å². The molecule has 2 heteroatoms. The lowest BCUT2D eigenvalue weighted by molar-refractivity contribution is -0.109. The van der Waals surface area contributed by atoms with Crippen LogP contribution in [0.5, 0.6) is 0 Å². The quantitative estimate of drug-likeness (QED) is 0.515. The molecule has 2 rings (SSSR count). The third-order valence-electron chi connectivity index (χ3n) is 2.41. The molecule has 0 heterocycles. The number of carbonyl (C=O) groups excluding carboxylic acids is 2. The average molecular weight is 200 g/mol. The molecule has 2 nitrogen and oxygen atoms in total. The number of hydrogen-bond acceptors (Lipinski definition) is 2. The topological polar surface area (TPSA) is 34.1 Å². The second kappa shape index (κ2) is 3.46. The summed E-state index contributed by atoms with van der Waals surface area (Å²) in [4.78, 5) is 23.3. The first kappa shape index (κ1) is 9.84. The van der Waals surface area contributed by atoms with Gasteiger partial charge in [-0.2, -0.15) is 0 Å². The van der Waals surface area contributed by atoms with Gasteiger partial charge in [0.25, 0.3) is 0 Å². The van der Waals surface area contributed by atoms with Crippen LogP contribution >= 0.6 is 0 Å². The summed E-state index contributed by atoms with van der Waals surface area (Å²) in [6.07, 6.45) is 1.85. The molecular formula is C13H12O2. The fraction of sp³-hybridized carbons (Fsp3) is 0.231. The Morgan fingerprint density at radius 2 is 1.60 bits per heavy atom. The predicted octanol–water partition coefficient (Wildman–Crippen LogP) is 2.49. The van der Waals surface area contributed by atoms with Crippen LogP contribution in [0.1, 0.15) is 29.8 Å². The summed E-state index contributed by atoms with van der Waals surface area (Å²) in [5.74, 6) is -0.481. The number of carbonyl (C=O) groups is 2. The molecule has 0 atom stereocenters. The normalized spacial score (nSPS) is 17.7. The molecule has 15 heavy (non-hydrogen) atoms. The van der Waals surface area contributed by atoms with Gasteiger partial charge in [-0.3, -0.25) is 9.59 Å². The highest BCUT2D eigenvalue weighted by Crippen LogP contribution is 2.30. The standard InChI is InChI=1S/C13H12O2/c1-8(2)7-11-9-5-3-4-6-10(9)12(14)13(11)15/h3-8H,1-2H3. The van der Waals surface area contributed by atoms with E-state index in [1.54, 1.807) is 12.1 Å². The molecule has 76 valence electrons. The highest BCUT2D eigenvalue weighted by atomic mass is 16.2. The Balaban J connectivity index is 2.62. The minimum absolute atomic E-state index is 0.267. The number of ketones is 2. The smallest absolute Gasteiger partial charge is 0.234 e. The molecule has 0 fully saturated rings. The summed E-state index contributed by atoms with van der Waals surface area (Å²) < 4.78 is 0. The molecule has 0 aromatic heterocycles. The lowest BCUT2D eigenvalue weighted by atomic mass is 10.0. The van der Waals surface area contributed by atoms with Gasteiger partial charge in [-0.05, 0) is 11.5 Å². The van der Waals surface area contributed by atoms with Gasteiger partial charge in [0.1, 0.15) is 0 Å². The van der Waals surface area contributed by atoms with Gasteiger partial charge in [0, 0.05) is 11.1 Å². The monoisotopic (exact) mass is 200 g/mol. The fourth-order valence-corrected chi connectivity index (χ4v) is 1.78. The molecule has 1 aliphatic rings. The highest BCUT2D eigenvalue weighted by molar-refractivity contribution is 6.63. The summed E-state index contributed by atoms with van der Waals surface area (Å²) >= 11 is 0. The molecule has 0 unspecified atom stereocenters. The van der Waals surface area contributed by atoms with Crippen molar-refractivity contribution in [3.63, 3.8) is 0 Å². The Morgan fingerprint density at radius 1 is 1.00 bits per heavy atom. The zero-order chi connectivity index (χ0) is 11.0. The minimum atomic E-state index is -0.377. The molecule has 0 aliphatic heterocycles. The molecule has 1 aromatic carbocycles. The average Bonchev–Trinajstić information content (AvgIpc) is 2.44. The van der Waals surface area contributed by atoms with Crippen LogP contribution in [0.15, 0.2) is 30.3 Å². The van der Waals surface area contributed by atoms with E-state index in [9.17, 15) is 9.59 Å². The molecule has 1 aliphatic carbocycles. The van der Waals surface area contributed by atoms with Crippen molar-refractivity contribution in [2.24, 2.45) is 5.92 Å². The van der Waals surface area contributed by atoms with Crippen LogP contribution < -0.4 is 0 Å². The van der Waals surface area contributed by atoms with Gasteiger partial charge in [0.05, 0.1) is 0 Å². The van der Waals surface area contributed by atoms with E-state index in [4.69, 9.17) is 0 Å². The number of benzene rings is 1. The molecule has 0 bridgehead atoms. The van der Waals surface area contributed by atoms with Gasteiger partial charge in [-0.25, -0.2) is 0 Å². The van der Waals surface area contributed by atoms with Crippen molar-refractivity contribution < 1.29 is 9.59 Å². The van der Waals surface area contributed by atoms with E-state index in [1.807, 2.05) is 32.1 Å². The van der Waals surface area contributed by atoms with Crippen LogP contribution in [0.25, 0.3) is 5.57 Å². The number of Topliss-reactive ketones (excluding diaryl/α,β-unsaturated/α-hetero) is 2. The maximum atomic E-state index is 11.7. The van der Waals surface area contributed by atoms with Crippen molar-refractivity contribution in [1.29, 1.82) is 0 Å². The third-order valence-corrected chi connectivity index (χ3v) is 2.41. The number of allylic oxidation sites excluding steroid dienone is 2. The molecule has 0 N–H and O–H groups in total. The first-order chi connectivity index (χ1) is 7.11. The molecular weight excluding hydrogens is 188 g/mol. The highest BCUT2D eigenvalue weighted by Gasteiger charge is 2.32. The minimum Gasteiger partial charge on any atom is -0.285 e. The summed E-state index contributed by atoms with van der Waals surface area (Å²) in [7, 11) is 0. The van der Waals surface area contributed by atoms with Gasteiger partial charge in [-0.1, -0.05) is 44.2 Å². The van der Waals surface area contributed by atoms with Gasteiger partial charge >= 0.3 is 0 Å². The van der Waals surface area contributed by atoms with Gasteiger partial charge in [0.15, 0.2) is 0 Å². The second-order valence-corrected chi connectivity index (χ2v) is 4.03. The van der Waals surface area contributed by atoms with Gasteiger partial charge in [0.2, 0.25) is 11.6 Å². The Bertz CT molecular complexity index is 467. The zero-order valence-electron chi connectivity index (χ0n) is 8.78.